The van der Waals surface area contributed by atoms with Crippen LogP contribution in [0.4, 0.5) is 0 Å². The zero-order chi connectivity index (χ0) is 14.9. The van der Waals surface area contributed by atoms with Crippen LogP contribution in [0.5, 0.6) is 5.75 Å². The molecular weight excluding hydrogens is 298 g/mol. The van der Waals surface area contributed by atoms with E-state index < -0.39 is 16.8 Å². The van der Waals surface area contributed by atoms with E-state index in [1.165, 1.54) is 11.8 Å². The standard InChI is InChI=1S/C14H18ClNO3S/c1-14(2,12(16)13(17)18)20-7-10-6-8-5-9(15)3-4-11(8)19-10/h3-5,10,12H,6-7,16H2,1-2H3,(H,17,18)/t10?,12-/m1/s1. The van der Waals surface area contributed by atoms with Crippen molar-refractivity contribution < 1.29 is 14.6 Å². The van der Waals surface area contributed by atoms with Gasteiger partial charge >= 0.3 is 5.97 Å². The van der Waals surface area contributed by atoms with Gasteiger partial charge in [-0.2, -0.15) is 0 Å². The average molecular weight is 316 g/mol. The Labute approximate surface area is 127 Å². The molecule has 1 heterocycles. The first-order chi connectivity index (χ1) is 9.29. The molecule has 2 atom stereocenters. The van der Waals surface area contributed by atoms with Gasteiger partial charge in [0.05, 0.1) is 0 Å². The maximum atomic E-state index is 11.0. The largest absolute Gasteiger partial charge is 0.489 e. The molecule has 1 unspecified atom stereocenters. The first-order valence-electron chi connectivity index (χ1n) is 6.37. The predicted octanol–water partition coefficient (Wildman–Crippen LogP) is 2.57. The van der Waals surface area contributed by atoms with Crippen molar-refractivity contribution in [2.45, 2.75) is 37.2 Å². The van der Waals surface area contributed by atoms with Gasteiger partial charge < -0.3 is 15.6 Å². The Morgan fingerprint density at radius 2 is 2.35 bits per heavy atom. The number of fused-ring (bicyclic) bond motifs is 1. The third-order valence-electron chi connectivity index (χ3n) is 3.42. The summed E-state index contributed by atoms with van der Waals surface area (Å²) in [5, 5.41) is 9.70. The SMILES string of the molecule is CC(C)(SCC1Cc2cc(Cl)ccc2O1)[C@H](N)C(=O)O. The lowest BCUT2D eigenvalue weighted by Gasteiger charge is -2.29. The summed E-state index contributed by atoms with van der Waals surface area (Å²) < 4.78 is 5.29. The Morgan fingerprint density at radius 1 is 1.65 bits per heavy atom. The lowest BCUT2D eigenvalue weighted by Crippen LogP contribution is -2.47. The number of hydrogen-bond acceptors (Lipinski definition) is 4. The van der Waals surface area contributed by atoms with E-state index in [1.54, 1.807) is 6.07 Å². The van der Waals surface area contributed by atoms with E-state index in [4.69, 9.17) is 27.2 Å². The van der Waals surface area contributed by atoms with Gasteiger partial charge in [-0.05, 0) is 37.6 Å². The average Bonchev–Trinajstić information content (AvgIpc) is 2.77. The molecule has 0 spiro atoms. The number of halogens is 1. The Kier molecular flexibility index (Phi) is 4.52. The Bertz CT molecular complexity index is 521. The normalized spacial score (nSPS) is 19.3. The number of benzene rings is 1. The van der Waals surface area contributed by atoms with E-state index in [0.717, 1.165) is 17.7 Å². The van der Waals surface area contributed by atoms with Crippen LogP contribution in [0.3, 0.4) is 0 Å². The van der Waals surface area contributed by atoms with Gasteiger partial charge in [-0.25, -0.2) is 0 Å². The fraction of sp³-hybridized carbons (Fsp3) is 0.500. The highest BCUT2D eigenvalue weighted by Gasteiger charge is 2.34. The van der Waals surface area contributed by atoms with Gasteiger partial charge in [0.2, 0.25) is 0 Å². The summed E-state index contributed by atoms with van der Waals surface area (Å²) in [7, 11) is 0. The summed E-state index contributed by atoms with van der Waals surface area (Å²) in [4.78, 5) is 11.0. The number of thioether (sulfide) groups is 1. The van der Waals surface area contributed by atoms with Crippen LogP contribution in [0, 0.1) is 0 Å². The molecule has 0 aliphatic carbocycles. The number of carboxylic acid groups (broad SMARTS) is 1. The van der Waals surface area contributed by atoms with Gasteiger partial charge in [0, 0.05) is 21.9 Å². The summed E-state index contributed by atoms with van der Waals surface area (Å²) in [5.74, 6) is 0.575. The molecule has 1 aliphatic heterocycles. The summed E-state index contributed by atoms with van der Waals surface area (Å²) in [6.45, 7) is 3.69. The molecule has 0 saturated carbocycles. The molecule has 4 nitrogen and oxygen atoms in total. The predicted molar refractivity (Wildman–Crippen MR) is 81.7 cm³/mol. The minimum Gasteiger partial charge on any atom is -0.489 e. The molecule has 0 bridgehead atoms. The van der Waals surface area contributed by atoms with Crippen molar-refractivity contribution in [1.82, 2.24) is 0 Å². The number of aliphatic carboxylic acids is 1. The molecule has 110 valence electrons. The molecule has 0 aromatic heterocycles. The van der Waals surface area contributed by atoms with Crippen LogP contribution in [0.25, 0.3) is 0 Å². The van der Waals surface area contributed by atoms with E-state index in [-0.39, 0.29) is 6.10 Å². The van der Waals surface area contributed by atoms with Crippen LogP contribution >= 0.6 is 23.4 Å². The third kappa shape index (κ3) is 3.40. The first-order valence-corrected chi connectivity index (χ1v) is 7.73. The maximum Gasteiger partial charge on any atom is 0.321 e. The van der Waals surface area contributed by atoms with Crippen LogP contribution < -0.4 is 10.5 Å². The molecule has 1 aromatic rings. The Morgan fingerprint density at radius 3 is 3.00 bits per heavy atom. The van der Waals surface area contributed by atoms with Crippen LogP contribution in [0.2, 0.25) is 5.02 Å². The Hall–Kier alpha value is -0.910. The van der Waals surface area contributed by atoms with Crippen LogP contribution in [0.1, 0.15) is 19.4 Å². The van der Waals surface area contributed by atoms with Crippen molar-refractivity contribution in [3.8, 4) is 5.75 Å². The highest BCUT2D eigenvalue weighted by atomic mass is 35.5. The van der Waals surface area contributed by atoms with Crippen molar-refractivity contribution in [3.63, 3.8) is 0 Å². The highest BCUT2D eigenvalue weighted by molar-refractivity contribution is 8.00. The van der Waals surface area contributed by atoms with E-state index in [9.17, 15) is 4.79 Å². The van der Waals surface area contributed by atoms with Crippen molar-refractivity contribution in [2.24, 2.45) is 5.73 Å². The minimum absolute atomic E-state index is 0.0359. The molecule has 0 radical (unpaired) electrons. The van der Waals surface area contributed by atoms with Crippen LogP contribution in [0.15, 0.2) is 18.2 Å². The molecule has 0 saturated heterocycles. The summed E-state index contributed by atoms with van der Waals surface area (Å²) in [6.07, 6.45) is 0.829. The fourth-order valence-corrected chi connectivity index (χ4v) is 3.35. The van der Waals surface area contributed by atoms with Gasteiger partial charge in [-0.1, -0.05) is 11.6 Å². The molecule has 6 heteroatoms. The van der Waals surface area contributed by atoms with Crippen LogP contribution in [-0.2, 0) is 11.2 Å². The Balaban J connectivity index is 1.93. The zero-order valence-electron chi connectivity index (χ0n) is 11.4. The van der Waals surface area contributed by atoms with E-state index in [2.05, 4.69) is 0 Å². The zero-order valence-corrected chi connectivity index (χ0v) is 13.0. The lowest BCUT2D eigenvalue weighted by molar-refractivity contribution is -0.139. The number of carbonyl (C=O) groups is 1. The highest BCUT2D eigenvalue weighted by Crippen LogP contribution is 2.35. The second-order valence-corrected chi connectivity index (χ2v) is 7.54. The van der Waals surface area contributed by atoms with Gasteiger partial charge in [0.25, 0.3) is 0 Å². The van der Waals surface area contributed by atoms with Crippen molar-refractivity contribution >= 4 is 29.3 Å². The van der Waals surface area contributed by atoms with Gasteiger partial charge in [0.15, 0.2) is 0 Å². The molecule has 0 fully saturated rings. The molecular formula is C14H18ClNO3S. The minimum atomic E-state index is -0.982. The summed E-state index contributed by atoms with van der Waals surface area (Å²) in [5.41, 5.74) is 6.80. The molecule has 2 rings (SSSR count). The topological polar surface area (TPSA) is 72.5 Å². The van der Waals surface area contributed by atoms with E-state index in [1.807, 2.05) is 26.0 Å². The molecule has 20 heavy (non-hydrogen) atoms. The fourth-order valence-electron chi connectivity index (χ4n) is 2.08. The number of nitrogens with two attached hydrogens (primary N) is 1. The van der Waals surface area contributed by atoms with Gasteiger partial charge in [-0.15, -0.1) is 11.8 Å². The van der Waals surface area contributed by atoms with Gasteiger partial charge in [-0.3, -0.25) is 4.79 Å². The first kappa shape index (κ1) is 15.5. The second kappa shape index (κ2) is 5.84. The number of carboxylic acids is 1. The van der Waals surface area contributed by atoms with Crippen molar-refractivity contribution in [2.75, 3.05) is 5.75 Å². The lowest BCUT2D eigenvalue weighted by atomic mass is 10.1. The molecule has 3 N–H and O–H groups in total. The monoisotopic (exact) mass is 315 g/mol. The third-order valence-corrected chi connectivity index (χ3v) is 5.19. The number of hydrogen-bond donors (Lipinski definition) is 2. The van der Waals surface area contributed by atoms with Crippen LogP contribution in [-0.4, -0.2) is 33.7 Å². The maximum absolute atomic E-state index is 11.0. The van der Waals surface area contributed by atoms with Crippen molar-refractivity contribution in [1.29, 1.82) is 0 Å². The van der Waals surface area contributed by atoms with Crippen molar-refractivity contribution in [3.05, 3.63) is 28.8 Å². The summed E-state index contributed by atoms with van der Waals surface area (Å²) >= 11 is 7.48. The second-order valence-electron chi connectivity index (χ2n) is 5.43. The smallest absolute Gasteiger partial charge is 0.321 e. The van der Waals surface area contributed by atoms with E-state index in [0.29, 0.717) is 10.8 Å². The molecule has 1 aliphatic rings. The number of rotatable bonds is 5. The number of ether oxygens (including phenoxy) is 1. The quantitative estimate of drug-likeness (QED) is 0.873. The summed E-state index contributed by atoms with van der Waals surface area (Å²) in [6, 6.07) is 4.69. The van der Waals surface area contributed by atoms with Gasteiger partial charge in [0.1, 0.15) is 17.9 Å². The van der Waals surface area contributed by atoms with E-state index >= 15 is 0 Å². The molecule has 0 amide bonds. The molecule has 1 aromatic carbocycles.